The van der Waals surface area contributed by atoms with Crippen LogP contribution in [0, 0.1) is 6.07 Å². The van der Waals surface area contributed by atoms with Gasteiger partial charge in [-0.3, -0.25) is 4.79 Å². The number of benzene rings is 2. The van der Waals surface area contributed by atoms with Gasteiger partial charge in [-0.15, -0.1) is 0 Å². The molecule has 2 aromatic carbocycles. The van der Waals surface area contributed by atoms with E-state index < -0.39 is 0 Å². The molecule has 0 aliphatic carbocycles. The molecule has 2 aromatic rings. The van der Waals surface area contributed by atoms with Gasteiger partial charge in [0.1, 0.15) is 0 Å². The van der Waals surface area contributed by atoms with Crippen molar-refractivity contribution in [3.05, 3.63) is 60.2 Å². The Balaban J connectivity index is 2.00. The number of rotatable bonds is 2. The third-order valence-electron chi connectivity index (χ3n) is 3.55. The van der Waals surface area contributed by atoms with Crippen LogP contribution in [0.4, 0.5) is 0 Å². The van der Waals surface area contributed by atoms with Gasteiger partial charge in [0.05, 0.1) is 0 Å². The van der Waals surface area contributed by atoms with Gasteiger partial charge in [0.15, 0.2) is 0 Å². The van der Waals surface area contributed by atoms with E-state index in [2.05, 4.69) is 6.07 Å². The number of likely N-dealkylation sites (tertiary alicyclic amines) is 1. The van der Waals surface area contributed by atoms with Crippen LogP contribution in [0.5, 0.6) is 0 Å². The van der Waals surface area contributed by atoms with E-state index >= 15 is 0 Å². The minimum absolute atomic E-state index is 0.144. The van der Waals surface area contributed by atoms with E-state index in [0.717, 1.165) is 42.6 Å². The Labute approximate surface area is 113 Å². The molecule has 19 heavy (non-hydrogen) atoms. The first-order chi connectivity index (χ1) is 9.36. The van der Waals surface area contributed by atoms with Gasteiger partial charge < -0.3 is 4.90 Å². The number of hydrogen-bond acceptors (Lipinski definition) is 1. The van der Waals surface area contributed by atoms with Gasteiger partial charge in [-0.25, -0.2) is 0 Å². The summed E-state index contributed by atoms with van der Waals surface area (Å²) in [6.45, 7) is 1.76. The molecule has 0 aromatic heterocycles. The zero-order valence-corrected chi connectivity index (χ0v) is 10.8. The Hall–Kier alpha value is -2.09. The van der Waals surface area contributed by atoms with Crippen molar-refractivity contribution in [3.8, 4) is 11.1 Å². The minimum atomic E-state index is 0.144. The van der Waals surface area contributed by atoms with Crippen molar-refractivity contribution < 1.29 is 4.79 Å². The third kappa shape index (κ3) is 2.39. The predicted molar refractivity (Wildman–Crippen MR) is 75.9 cm³/mol. The predicted octanol–water partition coefficient (Wildman–Crippen LogP) is 3.39. The van der Waals surface area contributed by atoms with E-state index in [1.807, 2.05) is 53.4 Å². The standard InChI is InChI=1S/C17H16NO/c19-17(18-12-6-7-13-18)16-11-5-4-10-15(16)14-8-2-1-3-9-14/h1-5,8,10-11H,6-7,12-13H2. The second-order valence-electron chi connectivity index (χ2n) is 4.82. The monoisotopic (exact) mass is 250 g/mol. The lowest BCUT2D eigenvalue weighted by Gasteiger charge is -2.17. The number of amides is 1. The fraction of sp³-hybridized carbons (Fsp3) is 0.235. The maximum atomic E-state index is 12.6. The van der Waals surface area contributed by atoms with Crippen molar-refractivity contribution in [1.82, 2.24) is 4.90 Å². The molecule has 1 aliphatic heterocycles. The molecule has 1 amide bonds. The summed E-state index contributed by atoms with van der Waals surface area (Å²) in [5.41, 5.74) is 2.73. The molecule has 0 spiro atoms. The van der Waals surface area contributed by atoms with Crippen molar-refractivity contribution in [2.45, 2.75) is 12.8 Å². The van der Waals surface area contributed by atoms with Crippen LogP contribution in [-0.2, 0) is 0 Å². The average Bonchev–Trinajstić information content (AvgIpc) is 3.02. The number of carbonyl (C=O) groups is 1. The molecule has 0 N–H and O–H groups in total. The minimum Gasteiger partial charge on any atom is -0.339 e. The van der Waals surface area contributed by atoms with Crippen LogP contribution in [-0.4, -0.2) is 23.9 Å². The van der Waals surface area contributed by atoms with Crippen LogP contribution >= 0.6 is 0 Å². The zero-order chi connectivity index (χ0) is 13.1. The Morgan fingerprint density at radius 1 is 1.00 bits per heavy atom. The lowest BCUT2D eigenvalue weighted by molar-refractivity contribution is 0.0793. The largest absolute Gasteiger partial charge is 0.339 e. The normalized spacial score (nSPS) is 14.6. The summed E-state index contributed by atoms with van der Waals surface area (Å²) >= 11 is 0. The lowest BCUT2D eigenvalue weighted by Crippen LogP contribution is -2.28. The molecule has 2 heteroatoms. The van der Waals surface area contributed by atoms with Crippen molar-refractivity contribution >= 4 is 5.91 Å². The van der Waals surface area contributed by atoms with E-state index in [9.17, 15) is 4.79 Å². The molecule has 3 rings (SSSR count). The first kappa shape index (κ1) is 12.0. The molecule has 0 bridgehead atoms. The van der Waals surface area contributed by atoms with Gasteiger partial charge in [0.2, 0.25) is 0 Å². The van der Waals surface area contributed by atoms with Crippen molar-refractivity contribution in [1.29, 1.82) is 0 Å². The molecule has 1 radical (unpaired) electrons. The lowest BCUT2D eigenvalue weighted by atomic mass is 9.99. The molecule has 1 saturated heterocycles. The van der Waals surface area contributed by atoms with E-state index in [-0.39, 0.29) is 5.91 Å². The van der Waals surface area contributed by atoms with Crippen LogP contribution < -0.4 is 0 Å². The summed E-state index contributed by atoms with van der Waals surface area (Å²) in [6.07, 6.45) is 2.23. The highest BCUT2D eigenvalue weighted by Gasteiger charge is 2.21. The van der Waals surface area contributed by atoms with Gasteiger partial charge in [-0.05, 0) is 36.1 Å². The average molecular weight is 250 g/mol. The molecule has 1 fully saturated rings. The number of hydrogen-bond donors (Lipinski definition) is 0. The van der Waals surface area contributed by atoms with E-state index in [0.29, 0.717) is 0 Å². The summed E-state index contributed by atoms with van der Waals surface area (Å²) in [5.74, 6) is 0.144. The van der Waals surface area contributed by atoms with E-state index in [1.54, 1.807) is 0 Å². The van der Waals surface area contributed by atoms with E-state index in [4.69, 9.17) is 0 Å². The topological polar surface area (TPSA) is 20.3 Å². The fourth-order valence-corrected chi connectivity index (χ4v) is 2.56. The first-order valence-electron chi connectivity index (χ1n) is 6.71. The Morgan fingerprint density at radius 3 is 2.47 bits per heavy atom. The maximum absolute atomic E-state index is 12.6. The Kier molecular flexibility index (Phi) is 3.32. The smallest absolute Gasteiger partial charge is 0.254 e. The molecule has 0 saturated carbocycles. The Morgan fingerprint density at radius 2 is 1.74 bits per heavy atom. The van der Waals surface area contributed by atoms with Crippen molar-refractivity contribution in [3.63, 3.8) is 0 Å². The molecule has 95 valence electrons. The number of nitrogens with zero attached hydrogens (tertiary/aromatic N) is 1. The molecule has 0 unspecified atom stereocenters. The summed E-state index contributed by atoms with van der Waals surface area (Å²) in [7, 11) is 0. The van der Waals surface area contributed by atoms with Gasteiger partial charge in [-0.2, -0.15) is 0 Å². The van der Waals surface area contributed by atoms with Gasteiger partial charge >= 0.3 is 0 Å². The summed E-state index contributed by atoms with van der Waals surface area (Å²) < 4.78 is 0. The number of carbonyl (C=O) groups excluding carboxylic acids is 1. The summed E-state index contributed by atoms with van der Waals surface area (Å²) in [5, 5.41) is 0. The first-order valence-corrected chi connectivity index (χ1v) is 6.71. The van der Waals surface area contributed by atoms with Crippen LogP contribution in [0.3, 0.4) is 0 Å². The van der Waals surface area contributed by atoms with Crippen LogP contribution in [0.15, 0.2) is 48.5 Å². The molecular weight excluding hydrogens is 234 g/mol. The highest BCUT2D eigenvalue weighted by molar-refractivity contribution is 6.00. The molecular formula is C17H16NO. The highest BCUT2D eigenvalue weighted by Crippen LogP contribution is 2.25. The summed E-state index contributed by atoms with van der Waals surface area (Å²) in [6, 6.07) is 18.8. The van der Waals surface area contributed by atoms with Gasteiger partial charge in [-0.1, -0.05) is 42.5 Å². The molecule has 1 heterocycles. The van der Waals surface area contributed by atoms with Crippen LogP contribution in [0.2, 0.25) is 0 Å². The van der Waals surface area contributed by atoms with Crippen molar-refractivity contribution in [2.75, 3.05) is 13.1 Å². The Bertz CT molecular complexity index is 571. The van der Waals surface area contributed by atoms with Gasteiger partial charge in [0, 0.05) is 18.7 Å². The van der Waals surface area contributed by atoms with Crippen molar-refractivity contribution in [2.24, 2.45) is 0 Å². The zero-order valence-electron chi connectivity index (χ0n) is 10.8. The van der Waals surface area contributed by atoms with Crippen LogP contribution in [0.1, 0.15) is 23.2 Å². The SMILES string of the molecule is O=C(c1ccccc1-c1[c]cccc1)N1CCCC1. The molecule has 1 aliphatic rings. The van der Waals surface area contributed by atoms with Crippen LogP contribution in [0.25, 0.3) is 11.1 Å². The summed E-state index contributed by atoms with van der Waals surface area (Å²) in [4.78, 5) is 14.5. The quantitative estimate of drug-likeness (QED) is 0.800. The second-order valence-corrected chi connectivity index (χ2v) is 4.82. The van der Waals surface area contributed by atoms with E-state index in [1.165, 1.54) is 0 Å². The fourth-order valence-electron chi connectivity index (χ4n) is 2.56. The second kappa shape index (κ2) is 5.27. The molecule has 0 atom stereocenters. The third-order valence-corrected chi connectivity index (χ3v) is 3.55. The highest BCUT2D eigenvalue weighted by atomic mass is 16.2. The maximum Gasteiger partial charge on any atom is 0.254 e. The molecule has 2 nitrogen and oxygen atoms in total. The van der Waals surface area contributed by atoms with Gasteiger partial charge in [0.25, 0.3) is 5.91 Å².